The standard InChI is InChI=1S/C10H13ClN2O.ClH/c11-9-4-2-1-3-7(9)5-8(6-12)10(13)14;/h1-4,8H,5-6,12H2,(H2,13,14);1H. The maximum absolute atomic E-state index is 10.9. The van der Waals surface area contributed by atoms with Gasteiger partial charge < -0.3 is 11.5 Å². The molecule has 1 amide bonds. The van der Waals surface area contributed by atoms with Crippen LogP contribution in [0.15, 0.2) is 24.3 Å². The lowest BCUT2D eigenvalue weighted by Gasteiger charge is -2.11. The van der Waals surface area contributed by atoms with Crippen LogP contribution in [0.25, 0.3) is 0 Å². The molecule has 0 bridgehead atoms. The van der Waals surface area contributed by atoms with Gasteiger partial charge in [-0.15, -0.1) is 12.4 Å². The second-order valence-electron chi connectivity index (χ2n) is 3.13. The van der Waals surface area contributed by atoms with Gasteiger partial charge in [-0.2, -0.15) is 0 Å². The minimum absolute atomic E-state index is 0. The fourth-order valence-electron chi connectivity index (χ4n) is 1.23. The number of nitrogens with two attached hydrogens (primary N) is 2. The molecule has 3 nitrogen and oxygen atoms in total. The molecule has 0 heterocycles. The summed E-state index contributed by atoms with van der Waals surface area (Å²) < 4.78 is 0. The summed E-state index contributed by atoms with van der Waals surface area (Å²) in [5.74, 6) is -0.720. The second kappa shape index (κ2) is 6.67. The Labute approximate surface area is 100 Å². The first-order valence-corrected chi connectivity index (χ1v) is 4.75. The monoisotopic (exact) mass is 248 g/mol. The van der Waals surface area contributed by atoms with E-state index in [9.17, 15) is 4.79 Å². The van der Waals surface area contributed by atoms with Crippen LogP contribution in [-0.2, 0) is 11.2 Å². The highest BCUT2D eigenvalue weighted by Crippen LogP contribution is 2.18. The van der Waals surface area contributed by atoms with Crippen molar-refractivity contribution < 1.29 is 4.79 Å². The molecule has 0 spiro atoms. The number of carbonyl (C=O) groups is 1. The number of benzene rings is 1. The zero-order chi connectivity index (χ0) is 10.6. The molecular formula is C10H14Cl2N2O. The first-order valence-electron chi connectivity index (χ1n) is 4.38. The van der Waals surface area contributed by atoms with Crippen molar-refractivity contribution in [1.29, 1.82) is 0 Å². The molecule has 1 rings (SSSR count). The lowest BCUT2D eigenvalue weighted by Crippen LogP contribution is -2.31. The van der Waals surface area contributed by atoms with Crippen molar-refractivity contribution in [1.82, 2.24) is 0 Å². The molecule has 0 saturated carbocycles. The van der Waals surface area contributed by atoms with Gasteiger partial charge in [0.05, 0.1) is 5.92 Å². The Bertz CT molecular complexity index is 331. The summed E-state index contributed by atoms with van der Waals surface area (Å²) in [5, 5.41) is 0.646. The topological polar surface area (TPSA) is 69.1 Å². The van der Waals surface area contributed by atoms with Gasteiger partial charge in [-0.05, 0) is 18.1 Å². The van der Waals surface area contributed by atoms with Crippen LogP contribution >= 0.6 is 24.0 Å². The predicted octanol–water partition coefficient (Wildman–Crippen LogP) is 1.36. The molecule has 1 atom stereocenters. The molecule has 0 aliphatic heterocycles. The molecule has 0 radical (unpaired) electrons. The van der Waals surface area contributed by atoms with Crippen molar-refractivity contribution in [2.45, 2.75) is 6.42 Å². The molecule has 0 saturated heterocycles. The van der Waals surface area contributed by atoms with E-state index in [0.717, 1.165) is 5.56 Å². The normalized spacial score (nSPS) is 11.6. The van der Waals surface area contributed by atoms with Crippen LogP contribution in [0.3, 0.4) is 0 Å². The maximum atomic E-state index is 10.9. The fraction of sp³-hybridized carbons (Fsp3) is 0.300. The van der Waals surface area contributed by atoms with Crippen molar-refractivity contribution in [2.75, 3.05) is 6.54 Å². The van der Waals surface area contributed by atoms with Crippen molar-refractivity contribution in [3.8, 4) is 0 Å². The molecule has 0 aromatic heterocycles. The van der Waals surface area contributed by atoms with Gasteiger partial charge in [-0.25, -0.2) is 0 Å². The average Bonchev–Trinajstić information content (AvgIpc) is 2.16. The third kappa shape index (κ3) is 4.08. The third-order valence-electron chi connectivity index (χ3n) is 2.11. The largest absolute Gasteiger partial charge is 0.369 e. The predicted molar refractivity (Wildman–Crippen MR) is 64.1 cm³/mol. The van der Waals surface area contributed by atoms with E-state index in [1.165, 1.54) is 0 Å². The van der Waals surface area contributed by atoms with Gasteiger partial charge in [0.15, 0.2) is 0 Å². The zero-order valence-electron chi connectivity index (χ0n) is 8.15. The summed E-state index contributed by atoms with van der Waals surface area (Å²) in [5.41, 5.74) is 11.5. The van der Waals surface area contributed by atoms with Gasteiger partial charge in [-0.1, -0.05) is 29.8 Å². The molecule has 0 aliphatic carbocycles. The Morgan fingerprint density at radius 3 is 2.47 bits per heavy atom. The summed E-state index contributed by atoms with van der Waals surface area (Å²) in [6, 6.07) is 7.36. The summed E-state index contributed by atoms with van der Waals surface area (Å²) >= 11 is 5.94. The van der Waals surface area contributed by atoms with Crippen LogP contribution in [-0.4, -0.2) is 12.5 Å². The number of carbonyl (C=O) groups excluding carboxylic acids is 1. The number of hydrogen-bond donors (Lipinski definition) is 2. The van der Waals surface area contributed by atoms with E-state index in [4.69, 9.17) is 23.1 Å². The van der Waals surface area contributed by atoms with Gasteiger partial charge in [0.25, 0.3) is 0 Å². The summed E-state index contributed by atoms with van der Waals surface area (Å²) in [6.07, 6.45) is 0.505. The number of hydrogen-bond acceptors (Lipinski definition) is 2. The number of primary amides is 1. The van der Waals surface area contributed by atoms with E-state index in [-0.39, 0.29) is 30.8 Å². The first-order chi connectivity index (χ1) is 6.65. The molecule has 0 aliphatic rings. The van der Waals surface area contributed by atoms with Gasteiger partial charge >= 0.3 is 0 Å². The van der Waals surface area contributed by atoms with E-state index in [1.807, 2.05) is 18.2 Å². The summed E-state index contributed by atoms with van der Waals surface area (Å²) in [4.78, 5) is 10.9. The quantitative estimate of drug-likeness (QED) is 0.845. The molecule has 0 fully saturated rings. The van der Waals surface area contributed by atoms with E-state index >= 15 is 0 Å². The molecule has 5 heteroatoms. The molecule has 1 aromatic carbocycles. The summed E-state index contributed by atoms with van der Waals surface area (Å²) in [7, 11) is 0. The highest BCUT2D eigenvalue weighted by Gasteiger charge is 2.14. The van der Waals surface area contributed by atoms with Crippen molar-refractivity contribution in [2.24, 2.45) is 17.4 Å². The highest BCUT2D eigenvalue weighted by atomic mass is 35.5. The van der Waals surface area contributed by atoms with Gasteiger partial charge in [0.1, 0.15) is 0 Å². The van der Waals surface area contributed by atoms with Gasteiger partial charge in [0.2, 0.25) is 5.91 Å². The van der Waals surface area contributed by atoms with Crippen LogP contribution < -0.4 is 11.5 Å². The molecule has 84 valence electrons. The Hall–Kier alpha value is -0.770. The molecule has 15 heavy (non-hydrogen) atoms. The Balaban J connectivity index is 0.00000196. The lowest BCUT2D eigenvalue weighted by atomic mass is 9.99. The van der Waals surface area contributed by atoms with E-state index in [2.05, 4.69) is 0 Å². The van der Waals surface area contributed by atoms with Crippen LogP contribution in [0, 0.1) is 5.92 Å². The van der Waals surface area contributed by atoms with E-state index < -0.39 is 0 Å². The lowest BCUT2D eigenvalue weighted by molar-refractivity contribution is -0.121. The van der Waals surface area contributed by atoms with Crippen LogP contribution in [0.1, 0.15) is 5.56 Å². The molecular weight excluding hydrogens is 235 g/mol. The van der Waals surface area contributed by atoms with Crippen LogP contribution in [0.4, 0.5) is 0 Å². The van der Waals surface area contributed by atoms with Crippen LogP contribution in [0.2, 0.25) is 5.02 Å². The van der Waals surface area contributed by atoms with E-state index in [1.54, 1.807) is 6.07 Å². The molecule has 1 aromatic rings. The van der Waals surface area contributed by atoms with Gasteiger partial charge in [0, 0.05) is 11.6 Å². The average molecular weight is 249 g/mol. The summed E-state index contributed by atoms with van der Waals surface area (Å²) in [6.45, 7) is 0.251. The number of halogens is 2. The fourth-order valence-corrected chi connectivity index (χ4v) is 1.44. The van der Waals surface area contributed by atoms with Crippen molar-refractivity contribution >= 4 is 29.9 Å². The Kier molecular flexibility index (Phi) is 6.32. The van der Waals surface area contributed by atoms with Crippen molar-refractivity contribution in [3.05, 3.63) is 34.9 Å². The maximum Gasteiger partial charge on any atom is 0.222 e. The van der Waals surface area contributed by atoms with E-state index in [0.29, 0.717) is 11.4 Å². The Morgan fingerprint density at radius 1 is 1.40 bits per heavy atom. The van der Waals surface area contributed by atoms with Crippen molar-refractivity contribution in [3.63, 3.8) is 0 Å². The Morgan fingerprint density at radius 2 is 2.00 bits per heavy atom. The number of amides is 1. The third-order valence-corrected chi connectivity index (χ3v) is 2.48. The van der Waals surface area contributed by atoms with Crippen LogP contribution in [0.5, 0.6) is 0 Å². The minimum atomic E-state index is -0.382. The smallest absolute Gasteiger partial charge is 0.222 e. The molecule has 1 unspecified atom stereocenters. The minimum Gasteiger partial charge on any atom is -0.369 e. The highest BCUT2D eigenvalue weighted by molar-refractivity contribution is 6.31. The van der Waals surface area contributed by atoms with Gasteiger partial charge in [-0.3, -0.25) is 4.79 Å². The zero-order valence-corrected chi connectivity index (χ0v) is 9.72. The first kappa shape index (κ1) is 14.2. The molecule has 4 N–H and O–H groups in total. The second-order valence-corrected chi connectivity index (χ2v) is 3.54. The SMILES string of the molecule is Cl.NCC(Cc1ccccc1Cl)C(N)=O. The number of rotatable bonds is 4.